The quantitative estimate of drug-likeness (QED) is 0.687. The van der Waals surface area contributed by atoms with Gasteiger partial charge in [-0.3, -0.25) is 4.79 Å². The Balaban J connectivity index is 1.48. The van der Waals surface area contributed by atoms with Gasteiger partial charge in [0.2, 0.25) is 11.7 Å². The number of carbonyl (C=O) groups is 1. The number of halogens is 1. The van der Waals surface area contributed by atoms with Crippen molar-refractivity contribution in [2.75, 3.05) is 6.54 Å². The minimum absolute atomic E-state index is 0.243. The van der Waals surface area contributed by atoms with Gasteiger partial charge in [0, 0.05) is 18.5 Å². The topological polar surface area (TPSA) is 77.2 Å². The number of benzene rings is 2. The van der Waals surface area contributed by atoms with Crippen LogP contribution in [0.1, 0.15) is 12.8 Å². The average Bonchev–Trinajstić information content (AvgIpc) is 3.13. The van der Waals surface area contributed by atoms with Gasteiger partial charge in [-0.15, -0.1) is 0 Å². The van der Waals surface area contributed by atoms with E-state index in [1.165, 1.54) is 0 Å². The molecule has 0 saturated carbocycles. The number of nitrogens with zero attached hydrogens (tertiary/aromatic N) is 2. The molecule has 0 aliphatic rings. The molecular weight excluding hydrogens is 354 g/mol. The standard InChI is InChI=1S/C19H18ClN3O3/c1-13(25-16-10-6-5-9-15(16)20)19(24)21-12-11-17-22-18(23-26-17)14-7-3-2-4-8-14/h2-10,13H,11-12H2,1H3,(H,21,24). The second-order valence-corrected chi connectivity index (χ2v) is 6.02. The monoisotopic (exact) mass is 371 g/mol. The summed E-state index contributed by atoms with van der Waals surface area (Å²) in [4.78, 5) is 16.5. The molecule has 2 aromatic carbocycles. The SMILES string of the molecule is CC(Oc1ccccc1Cl)C(=O)NCCc1nc(-c2ccccc2)no1. The summed E-state index contributed by atoms with van der Waals surface area (Å²) < 4.78 is 10.8. The van der Waals surface area contributed by atoms with Crippen LogP contribution in [0.5, 0.6) is 5.75 Å². The zero-order chi connectivity index (χ0) is 18.4. The molecule has 1 heterocycles. The molecule has 1 N–H and O–H groups in total. The van der Waals surface area contributed by atoms with Gasteiger partial charge in [0.15, 0.2) is 6.10 Å². The van der Waals surface area contributed by atoms with E-state index in [-0.39, 0.29) is 5.91 Å². The van der Waals surface area contributed by atoms with Crippen molar-refractivity contribution in [1.29, 1.82) is 0 Å². The Kier molecular flexibility index (Phi) is 5.86. The van der Waals surface area contributed by atoms with Gasteiger partial charge in [-0.2, -0.15) is 4.98 Å². The van der Waals surface area contributed by atoms with Gasteiger partial charge >= 0.3 is 0 Å². The van der Waals surface area contributed by atoms with E-state index in [1.807, 2.05) is 30.3 Å². The second kappa shape index (κ2) is 8.49. The summed E-state index contributed by atoms with van der Waals surface area (Å²) in [6, 6.07) is 16.6. The molecule has 3 aromatic rings. The van der Waals surface area contributed by atoms with Gasteiger partial charge < -0.3 is 14.6 Å². The molecule has 0 aliphatic heterocycles. The van der Waals surface area contributed by atoms with E-state index in [2.05, 4.69) is 15.5 Å². The molecule has 1 amide bonds. The first-order valence-corrected chi connectivity index (χ1v) is 8.58. The zero-order valence-corrected chi connectivity index (χ0v) is 14.9. The zero-order valence-electron chi connectivity index (χ0n) is 14.2. The van der Waals surface area contributed by atoms with Crippen molar-refractivity contribution in [2.24, 2.45) is 0 Å². The molecule has 7 heteroatoms. The van der Waals surface area contributed by atoms with Crippen LogP contribution >= 0.6 is 11.6 Å². The lowest BCUT2D eigenvalue weighted by Crippen LogP contribution is -2.37. The third kappa shape index (κ3) is 4.61. The molecule has 26 heavy (non-hydrogen) atoms. The number of para-hydroxylation sites is 1. The van der Waals surface area contributed by atoms with Crippen molar-refractivity contribution in [2.45, 2.75) is 19.4 Å². The normalized spacial score (nSPS) is 11.8. The molecule has 0 aliphatic carbocycles. The molecule has 1 unspecified atom stereocenters. The first-order chi connectivity index (χ1) is 12.6. The van der Waals surface area contributed by atoms with Crippen molar-refractivity contribution < 1.29 is 14.1 Å². The Morgan fingerprint density at radius 2 is 1.92 bits per heavy atom. The molecule has 134 valence electrons. The third-order valence-electron chi connectivity index (χ3n) is 3.65. The molecule has 6 nitrogen and oxygen atoms in total. The summed E-state index contributed by atoms with van der Waals surface area (Å²) in [5, 5.41) is 7.20. The molecule has 0 radical (unpaired) electrons. The highest BCUT2D eigenvalue weighted by Gasteiger charge is 2.16. The highest BCUT2D eigenvalue weighted by Crippen LogP contribution is 2.24. The maximum atomic E-state index is 12.1. The number of nitrogens with one attached hydrogen (secondary N) is 1. The van der Waals surface area contributed by atoms with Gasteiger partial charge in [-0.05, 0) is 19.1 Å². The van der Waals surface area contributed by atoms with Crippen LogP contribution in [-0.4, -0.2) is 28.7 Å². The fraction of sp³-hybridized carbons (Fsp3) is 0.211. The largest absolute Gasteiger partial charge is 0.479 e. The van der Waals surface area contributed by atoms with Crippen LogP contribution in [0, 0.1) is 0 Å². The van der Waals surface area contributed by atoms with Gasteiger partial charge in [-0.25, -0.2) is 0 Å². The van der Waals surface area contributed by atoms with E-state index in [0.717, 1.165) is 5.56 Å². The smallest absolute Gasteiger partial charge is 0.260 e. The second-order valence-electron chi connectivity index (χ2n) is 5.61. The van der Waals surface area contributed by atoms with Crippen molar-refractivity contribution in [3.8, 4) is 17.1 Å². The maximum absolute atomic E-state index is 12.1. The van der Waals surface area contributed by atoms with Crippen molar-refractivity contribution in [3.63, 3.8) is 0 Å². The van der Waals surface area contributed by atoms with Gasteiger partial charge in [0.05, 0.1) is 5.02 Å². The van der Waals surface area contributed by atoms with Crippen molar-refractivity contribution in [3.05, 3.63) is 65.5 Å². The number of ether oxygens (including phenoxy) is 1. The Bertz CT molecular complexity index is 867. The highest BCUT2D eigenvalue weighted by molar-refractivity contribution is 6.32. The predicted molar refractivity (Wildman–Crippen MR) is 98.0 cm³/mol. The number of hydrogen-bond acceptors (Lipinski definition) is 5. The fourth-order valence-corrected chi connectivity index (χ4v) is 2.46. The number of hydrogen-bond donors (Lipinski definition) is 1. The van der Waals surface area contributed by atoms with Crippen LogP contribution in [0.2, 0.25) is 5.02 Å². The summed E-state index contributed by atoms with van der Waals surface area (Å²) in [5.74, 6) is 1.22. The lowest BCUT2D eigenvalue weighted by Gasteiger charge is -2.15. The van der Waals surface area contributed by atoms with Crippen LogP contribution in [-0.2, 0) is 11.2 Å². The lowest BCUT2D eigenvalue weighted by atomic mass is 10.2. The first kappa shape index (κ1) is 17.9. The number of aromatic nitrogens is 2. The molecule has 0 bridgehead atoms. The Morgan fingerprint density at radius 1 is 1.19 bits per heavy atom. The fourth-order valence-electron chi connectivity index (χ4n) is 2.28. The van der Waals surface area contributed by atoms with Crippen LogP contribution in [0.15, 0.2) is 59.1 Å². The average molecular weight is 372 g/mol. The van der Waals surface area contributed by atoms with Gasteiger partial charge in [0.1, 0.15) is 5.75 Å². The minimum atomic E-state index is -0.669. The number of rotatable bonds is 7. The summed E-state index contributed by atoms with van der Waals surface area (Å²) in [6.07, 6.45) is -0.234. The highest BCUT2D eigenvalue weighted by atomic mass is 35.5. The molecule has 1 atom stereocenters. The van der Waals surface area contributed by atoms with Crippen LogP contribution in [0.25, 0.3) is 11.4 Å². The molecule has 0 saturated heterocycles. The number of carbonyl (C=O) groups excluding carboxylic acids is 1. The summed E-state index contributed by atoms with van der Waals surface area (Å²) in [6.45, 7) is 2.03. The summed E-state index contributed by atoms with van der Waals surface area (Å²) in [5.41, 5.74) is 0.883. The first-order valence-electron chi connectivity index (χ1n) is 8.20. The van der Waals surface area contributed by atoms with E-state index in [9.17, 15) is 4.79 Å². The van der Waals surface area contributed by atoms with Crippen molar-refractivity contribution >= 4 is 17.5 Å². The molecule has 0 spiro atoms. The van der Waals surface area contributed by atoms with E-state index >= 15 is 0 Å². The van der Waals surface area contributed by atoms with Gasteiger partial charge in [-0.1, -0.05) is 59.2 Å². The van der Waals surface area contributed by atoms with Crippen molar-refractivity contribution in [1.82, 2.24) is 15.5 Å². The Hall–Kier alpha value is -2.86. The van der Waals surface area contributed by atoms with Crippen LogP contribution < -0.4 is 10.1 Å². The van der Waals surface area contributed by atoms with E-state index in [1.54, 1.807) is 31.2 Å². The molecular formula is C19H18ClN3O3. The lowest BCUT2D eigenvalue weighted by molar-refractivity contribution is -0.127. The third-order valence-corrected chi connectivity index (χ3v) is 3.96. The number of amides is 1. The van der Waals surface area contributed by atoms with Crippen LogP contribution in [0.3, 0.4) is 0 Å². The predicted octanol–water partition coefficient (Wildman–Crippen LogP) is 3.52. The Labute approximate surface area is 156 Å². The molecule has 1 aromatic heterocycles. The minimum Gasteiger partial charge on any atom is -0.479 e. The summed E-state index contributed by atoms with van der Waals surface area (Å²) in [7, 11) is 0. The van der Waals surface area contributed by atoms with Gasteiger partial charge in [0.25, 0.3) is 5.91 Å². The summed E-state index contributed by atoms with van der Waals surface area (Å²) >= 11 is 6.03. The molecule has 3 rings (SSSR count). The van der Waals surface area contributed by atoms with Crippen LogP contribution in [0.4, 0.5) is 0 Å². The maximum Gasteiger partial charge on any atom is 0.260 e. The Morgan fingerprint density at radius 3 is 2.69 bits per heavy atom. The molecule has 0 fully saturated rings. The van der Waals surface area contributed by atoms with E-state index in [4.69, 9.17) is 20.9 Å². The van der Waals surface area contributed by atoms with E-state index in [0.29, 0.717) is 35.5 Å². The van der Waals surface area contributed by atoms with E-state index < -0.39 is 6.10 Å².